The molecule has 2 saturated carbocycles. The first-order chi connectivity index (χ1) is 10.2. The van der Waals surface area contributed by atoms with E-state index in [2.05, 4.69) is 38.1 Å². The van der Waals surface area contributed by atoms with Crippen molar-refractivity contribution in [3.63, 3.8) is 0 Å². The van der Waals surface area contributed by atoms with Gasteiger partial charge in [-0.2, -0.15) is 0 Å². The van der Waals surface area contributed by atoms with E-state index in [-0.39, 0.29) is 17.6 Å². The highest BCUT2D eigenvalue weighted by Crippen LogP contribution is 2.53. The van der Waals surface area contributed by atoms with Gasteiger partial charge in [0.1, 0.15) is 11.9 Å². The lowest BCUT2D eigenvalue weighted by Gasteiger charge is -2.55. The number of para-hydroxylation sites is 1. The lowest BCUT2D eigenvalue weighted by atomic mass is 9.56. The van der Waals surface area contributed by atoms with Crippen molar-refractivity contribution in [2.24, 2.45) is 5.41 Å². The predicted molar refractivity (Wildman–Crippen MR) is 85.7 cm³/mol. The van der Waals surface area contributed by atoms with Crippen LogP contribution in [-0.2, 0) is 0 Å². The Hall–Kier alpha value is -1.02. The van der Waals surface area contributed by atoms with Gasteiger partial charge in [-0.3, -0.25) is 0 Å². The van der Waals surface area contributed by atoms with Crippen LogP contribution in [0.15, 0.2) is 24.3 Å². The Kier molecular flexibility index (Phi) is 4.26. The molecule has 0 heterocycles. The third-order valence-corrected chi connectivity index (χ3v) is 5.86. The highest BCUT2D eigenvalue weighted by atomic mass is 16.5. The van der Waals surface area contributed by atoms with Gasteiger partial charge in [-0.05, 0) is 36.8 Å². The van der Waals surface area contributed by atoms with Crippen LogP contribution in [-0.4, -0.2) is 17.3 Å². The summed E-state index contributed by atoms with van der Waals surface area (Å²) in [6.45, 7) is 4.48. The zero-order chi connectivity index (χ0) is 14.9. The molecule has 116 valence electrons. The zero-order valence-corrected chi connectivity index (χ0v) is 13.3. The van der Waals surface area contributed by atoms with Crippen molar-refractivity contribution in [3.8, 4) is 5.75 Å². The topological polar surface area (TPSA) is 29.5 Å². The SMILES string of the molecule is CCC(C)c1ccccc1OC1CC(O)C12CCCCC2. The van der Waals surface area contributed by atoms with Crippen molar-refractivity contribution in [3.05, 3.63) is 29.8 Å². The van der Waals surface area contributed by atoms with Gasteiger partial charge in [-0.1, -0.05) is 51.3 Å². The van der Waals surface area contributed by atoms with Gasteiger partial charge in [-0.25, -0.2) is 0 Å². The average molecular weight is 288 g/mol. The Labute approximate surface area is 128 Å². The number of aliphatic hydroxyl groups excluding tert-OH is 1. The number of ether oxygens (including phenoxy) is 1. The number of hydrogen-bond donors (Lipinski definition) is 1. The molecule has 1 N–H and O–H groups in total. The van der Waals surface area contributed by atoms with Gasteiger partial charge in [-0.15, -0.1) is 0 Å². The van der Waals surface area contributed by atoms with Gasteiger partial charge >= 0.3 is 0 Å². The van der Waals surface area contributed by atoms with E-state index in [0.29, 0.717) is 5.92 Å². The summed E-state index contributed by atoms with van der Waals surface area (Å²) in [5.74, 6) is 1.56. The van der Waals surface area contributed by atoms with Crippen LogP contribution in [0, 0.1) is 5.41 Å². The maximum atomic E-state index is 10.3. The van der Waals surface area contributed by atoms with E-state index in [1.807, 2.05) is 0 Å². The number of aliphatic hydroxyl groups is 1. The van der Waals surface area contributed by atoms with Crippen molar-refractivity contribution in [1.29, 1.82) is 0 Å². The van der Waals surface area contributed by atoms with Gasteiger partial charge in [0.05, 0.1) is 6.10 Å². The van der Waals surface area contributed by atoms with E-state index in [4.69, 9.17) is 4.74 Å². The Morgan fingerprint density at radius 2 is 1.95 bits per heavy atom. The first kappa shape index (κ1) is 14.9. The minimum atomic E-state index is -0.154. The fraction of sp³-hybridized carbons (Fsp3) is 0.684. The molecule has 0 aromatic heterocycles. The quantitative estimate of drug-likeness (QED) is 0.873. The molecule has 3 unspecified atom stereocenters. The van der Waals surface area contributed by atoms with Crippen molar-refractivity contribution in [2.45, 2.75) is 76.9 Å². The maximum Gasteiger partial charge on any atom is 0.123 e. The fourth-order valence-corrected chi connectivity index (χ4v) is 4.13. The number of hydrogen-bond acceptors (Lipinski definition) is 2. The smallest absolute Gasteiger partial charge is 0.123 e. The molecule has 21 heavy (non-hydrogen) atoms. The van der Waals surface area contributed by atoms with Crippen LogP contribution in [0.5, 0.6) is 5.75 Å². The van der Waals surface area contributed by atoms with Gasteiger partial charge in [0.25, 0.3) is 0 Å². The Morgan fingerprint density at radius 1 is 1.24 bits per heavy atom. The van der Waals surface area contributed by atoms with E-state index in [9.17, 15) is 5.11 Å². The Balaban J connectivity index is 1.78. The first-order valence-electron chi connectivity index (χ1n) is 8.61. The molecule has 1 spiro atoms. The first-order valence-corrected chi connectivity index (χ1v) is 8.61. The molecule has 2 aliphatic carbocycles. The summed E-state index contributed by atoms with van der Waals surface area (Å²) in [7, 11) is 0. The lowest BCUT2D eigenvalue weighted by Crippen LogP contribution is -2.60. The average Bonchev–Trinajstić information content (AvgIpc) is 2.55. The summed E-state index contributed by atoms with van der Waals surface area (Å²) in [5.41, 5.74) is 1.35. The number of rotatable bonds is 4. The minimum Gasteiger partial charge on any atom is -0.489 e. The molecular formula is C19H28O2. The highest BCUT2D eigenvalue weighted by Gasteiger charge is 2.56. The van der Waals surface area contributed by atoms with E-state index in [0.717, 1.165) is 31.4 Å². The van der Waals surface area contributed by atoms with Crippen LogP contribution < -0.4 is 4.74 Å². The fourth-order valence-electron chi connectivity index (χ4n) is 4.13. The Bertz CT molecular complexity index is 476. The van der Waals surface area contributed by atoms with Gasteiger partial charge in [0, 0.05) is 11.8 Å². The second kappa shape index (κ2) is 6.00. The summed E-state index contributed by atoms with van der Waals surface area (Å²) in [4.78, 5) is 0. The normalized spacial score (nSPS) is 28.9. The summed E-state index contributed by atoms with van der Waals surface area (Å²) < 4.78 is 6.41. The second-order valence-electron chi connectivity index (χ2n) is 7.00. The molecule has 2 heteroatoms. The number of benzene rings is 1. The summed E-state index contributed by atoms with van der Waals surface area (Å²) in [6.07, 6.45) is 8.03. The molecule has 0 bridgehead atoms. The van der Waals surface area contributed by atoms with Crippen molar-refractivity contribution in [1.82, 2.24) is 0 Å². The maximum absolute atomic E-state index is 10.3. The van der Waals surface area contributed by atoms with E-state index < -0.39 is 0 Å². The zero-order valence-electron chi connectivity index (χ0n) is 13.3. The molecule has 0 amide bonds. The molecule has 3 atom stereocenters. The standard InChI is InChI=1S/C19H28O2/c1-3-14(2)15-9-5-6-10-16(15)21-18-13-17(20)19(18)11-7-4-8-12-19/h5-6,9-10,14,17-18,20H,3-4,7-8,11-13H2,1-2H3. The van der Waals surface area contributed by atoms with Crippen molar-refractivity contribution in [2.75, 3.05) is 0 Å². The Morgan fingerprint density at radius 3 is 2.62 bits per heavy atom. The van der Waals surface area contributed by atoms with E-state index in [1.165, 1.54) is 24.8 Å². The van der Waals surface area contributed by atoms with Crippen LogP contribution in [0.1, 0.15) is 70.3 Å². The largest absolute Gasteiger partial charge is 0.489 e. The lowest BCUT2D eigenvalue weighted by molar-refractivity contribution is -0.172. The summed E-state index contributed by atoms with van der Waals surface area (Å²) in [6, 6.07) is 8.44. The summed E-state index contributed by atoms with van der Waals surface area (Å²) in [5, 5.41) is 10.3. The molecular weight excluding hydrogens is 260 g/mol. The molecule has 1 aromatic carbocycles. The molecule has 2 fully saturated rings. The minimum absolute atomic E-state index is 0.0425. The molecule has 2 aliphatic rings. The van der Waals surface area contributed by atoms with Gasteiger partial charge in [0.2, 0.25) is 0 Å². The van der Waals surface area contributed by atoms with Crippen LogP contribution in [0.4, 0.5) is 0 Å². The predicted octanol–water partition coefficient (Wildman–Crippen LogP) is 4.66. The van der Waals surface area contributed by atoms with Crippen LogP contribution in [0.2, 0.25) is 0 Å². The molecule has 3 rings (SSSR count). The highest BCUT2D eigenvalue weighted by molar-refractivity contribution is 5.36. The molecule has 0 radical (unpaired) electrons. The molecule has 1 aromatic rings. The third kappa shape index (κ3) is 2.59. The summed E-state index contributed by atoms with van der Waals surface area (Å²) >= 11 is 0. The van der Waals surface area contributed by atoms with E-state index in [1.54, 1.807) is 0 Å². The van der Waals surface area contributed by atoms with Crippen LogP contribution in [0.3, 0.4) is 0 Å². The monoisotopic (exact) mass is 288 g/mol. The molecule has 2 nitrogen and oxygen atoms in total. The van der Waals surface area contributed by atoms with Crippen molar-refractivity contribution >= 4 is 0 Å². The van der Waals surface area contributed by atoms with Crippen LogP contribution >= 0.6 is 0 Å². The van der Waals surface area contributed by atoms with Gasteiger partial charge in [0.15, 0.2) is 0 Å². The second-order valence-corrected chi connectivity index (χ2v) is 7.00. The van der Waals surface area contributed by atoms with Crippen molar-refractivity contribution < 1.29 is 9.84 Å². The molecule has 0 saturated heterocycles. The van der Waals surface area contributed by atoms with Crippen LogP contribution in [0.25, 0.3) is 0 Å². The van der Waals surface area contributed by atoms with Gasteiger partial charge < -0.3 is 9.84 Å². The van der Waals surface area contributed by atoms with E-state index >= 15 is 0 Å². The molecule has 0 aliphatic heterocycles. The third-order valence-electron chi connectivity index (χ3n) is 5.86.